The summed E-state index contributed by atoms with van der Waals surface area (Å²) in [6.07, 6.45) is 6.94. The maximum absolute atomic E-state index is 6.38. The minimum atomic E-state index is -0.213. The van der Waals surface area contributed by atoms with Crippen molar-refractivity contribution < 1.29 is 0 Å². The van der Waals surface area contributed by atoms with Gasteiger partial charge >= 0.3 is 0 Å². The summed E-state index contributed by atoms with van der Waals surface area (Å²) in [7, 11) is 0. The minimum Gasteiger partial charge on any atom is -0.347 e. The van der Waals surface area contributed by atoms with Crippen molar-refractivity contribution in [2.45, 2.75) is 38.6 Å². The molecule has 0 spiro atoms. The van der Waals surface area contributed by atoms with Crippen LogP contribution in [0.25, 0.3) is 0 Å². The molecule has 3 nitrogen and oxygen atoms in total. The van der Waals surface area contributed by atoms with Crippen LogP contribution in [0, 0.1) is 11.8 Å². The Morgan fingerprint density at radius 2 is 2.29 bits per heavy atom. The quantitative estimate of drug-likeness (QED) is 0.717. The molecule has 3 N–H and O–H groups in total. The first-order valence-corrected chi connectivity index (χ1v) is 5.40. The highest BCUT2D eigenvalue weighted by Gasteiger charge is 2.37. The van der Waals surface area contributed by atoms with E-state index in [9.17, 15) is 0 Å². The zero-order valence-electron chi connectivity index (χ0n) is 8.96. The summed E-state index contributed by atoms with van der Waals surface area (Å²) in [6.45, 7) is 4.60. The van der Waals surface area contributed by atoms with Gasteiger partial charge in [0.05, 0.1) is 5.54 Å². The van der Waals surface area contributed by atoms with Crippen LogP contribution in [0.1, 0.15) is 38.9 Å². The van der Waals surface area contributed by atoms with Gasteiger partial charge in [-0.25, -0.2) is 4.98 Å². The molecule has 0 radical (unpaired) electrons. The molecule has 1 aromatic heterocycles. The third-order valence-corrected chi connectivity index (χ3v) is 3.67. The van der Waals surface area contributed by atoms with Crippen LogP contribution in [0.4, 0.5) is 0 Å². The summed E-state index contributed by atoms with van der Waals surface area (Å²) in [5.74, 6) is 2.44. The van der Waals surface area contributed by atoms with Crippen molar-refractivity contribution in [3.63, 3.8) is 0 Å². The van der Waals surface area contributed by atoms with E-state index in [1.54, 1.807) is 6.20 Å². The molecular weight excluding hydrogens is 174 g/mol. The van der Waals surface area contributed by atoms with E-state index in [2.05, 4.69) is 23.8 Å². The first-order chi connectivity index (χ1) is 6.62. The number of nitrogens with one attached hydrogen (secondary N) is 1. The van der Waals surface area contributed by atoms with E-state index in [4.69, 9.17) is 5.73 Å². The molecule has 78 valence electrons. The highest BCUT2D eigenvalue weighted by Crippen LogP contribution is 2.39. The molecule has 0 aliphatic heterocycles. The van der Waals surface area contributed by atoms with Crippen molar-refractivity contribution in [3.05, 3.63) is 18.2 Å². The van der Waals surface area contributed by atoms with Gasteiger partial charge in [0.25, 0.3) is 0 Å². The van der Waals surface area contributed by atoms with Crippen LogP contribution < -0.4 is 5.73 Å². The van der Waals surface area contributed by atoms with Crippen LogP contribution in [-0.4, -0.2) is 9.97 Å². The summed E-state index contributed by atoms with van der Waals surface area (Å²) >= 11 is 0. The number of nitrogens with zero attached hydrogens (tertiary/aromatic N) is 1. The molecule has 0 aromatic carbocycles. The molecule has 1 heterocycles. The Morgan fingerprint density at radius 1 is 1.50 bits per heavy atom. The van der Waals surface area contributed by atoms with E-state index in [0.29, 0.717) is 5.92 Å². The fraction of sp³-hybridized carbons (Fsp3) is 0.727. The van der Waals surface area contributed by atoms with Crippen molar-refractivity contribution in [2.24, 2.45) is 17.6 Å². The van der Waals surface area contributed by atoms with Gasteiger partial charge < -0.3 is 10.7 Å². The van der Waals surface area contributed by atoms with Crippen LogP contribution in [-0.2, 0) is 5.54 Å². The molecule has 0 saturated heterocycles. The molecule has 0 unspecified atom stereocenters. The second kappa shape index (κ2) is 3.39. The zero-order chi connectivity index (χ0) is 10.2. The van der Waals surface area contributed by atoms with Crippen molar-refractivity contribution >= 4 is 0 Å². The third-order valence-electron chi connectivity index (χ3n) is 3.67. The minimum absolute atomic E-state index is 0.213. The molecule has 2 rings (SSSR count). The number of H-pyrrole nitrogens is 1. The predicted octanol–water partition coefficient (Wildman–Crippen LogP) is 2.02. The SMILES string of the molecule is C[C@@H]1CC[C@@](N)(c2ncc[nH]2)C[C@H]1C. The molecule has 1 aromatic rings. The van der Waals surface area contributed by atoms with E-state index in [-0.39, 0.29) is 5.54 Å². The molecule has 14 heavy (non-hydrogen) atoms. The van der Waals surface area contributed by atoms with Crippen molar-refractivity contribution in [2.75, 3.05) is 0 Å². The first-order valence-electron chi connectivity index (χ1n) is 5.40. The van der Waals surface area contributed by atoms with Gasteiger partial charge in [0.2, 0.25) is 0 Å². The lowest BCUT2D eigenvalue weighted by Crippen LogP contribution is -2.44. The smallest absolute Gasteiger partial charge is 0.126 e. The summed E-state index contributed by atoms with van der Waals surface area (Å²) in [5, 5.41) is 0. The van der Waals surface area contributed by atoms with Gasteiger partial charge in [-0.2, -0.15) is 0 Å². The second-order valence-corrected chi connectivity index (χ2v) is 4.79. The fourth-order valence-electron chi connectivity index (χ4n) is 2.40. The van der Waals surface area contributed by atoms with E-state index in [1.807, 2.05) is 6.20 Å². The van der Waals surface area contributed by atoms with Crippen molar-refractivity contribution in [1.29, 1.82) is 0 Å². The standard InChI is InChI=1S/C11H19N3/c1-8-3-4-11(12,7-9(8)2)10-13-5-6-14-10/h5-6,8-9H,3-4,7,12H2,1-2H3,(H,13,14)/t8-,9-,11+/m1/s1. The Morgan fingerprint density at radius 3 is 2.86 bits per heavy atom. The van der Waals surface area contributed by atoms with E-state index in [1.165, 1.54) is 6.42 Å². The number of hydrogen-bond acceptors (Lipinski definition) is 2. The average molecular weight is 193 g/mol. The van der Waals surface area contributed by atoms with Gasteiger partial charge in [0.15, 0.2) is 0 Å². The van der Waals surface area contributed by atoms with Gasteiger partial charge in [-0.1, -0.05) is 13.8 Å². The van der Waals surface area contributed by atoms with Crippen LogP contribution in [0.3, 0.4) is 0 Å². The first kappa shape index (κ1) is 9.71. The normalized spacial score (nSPS) is 38.5. The molecule has 1 saturated carbocycles. The van der Waals surface area contributed by atoms with E-state index >= 15 is 0 Å². The summed E-state index contributed by atoms with van der Waals surface area (Å²) in [5.41, 5.74) is 6.17. The number of nitrogens with two attached hydrogens (primary N) is 1. The van der Waals surface area contributed by atoms with Gasteiger partial charge in [0.1, 0.15) is 5.82 Å². The molecule has 1 fully saturated rings. The highest BCUT2D eigenvalue weighted by molar-refractivity contribution is 5.07. The Labute approximate surface area is 85.1 Å². The molecule has 3 heteroatoms. The monoisotopic (exact) mass is 193 g/mol. The van der Waals surface area contributed by atoms with Crippen LogP contribution in [0.5, 0.6) is 0 Å². The molecule has 1 aliphatic carbocycles. The van der Waals surface area contributed by atoms with Crippen molar-refractivity contribution in [1.82, 2.24) is 9.97 Å². The topological polar surface area (TPSA) is 54.7 Å². The summed E-state index contributed by atoms with van der Waals surface area (Å²) < 4.78 is 0. The summed E-state index contributed by atoms with van der Waals surface area (Å²) in [6, 6.07) is 0. The van der Waals surface area contributed by atoms with Gasteiger partial charge in [0, 0.05) is 12.4 Å². The average Bonchev–Trinajstić information content (AvgIpc) is 2.65. The Balaban J connectivity index is 2.18. The number of aromatic amines is 1. The predicted molar refractivity (Wildman–Crippen MR) is 56.6 cm³/mol. The molecule has 3 atom stereocenters. The number of aromatic nitrogens is 2. The number of imidazole rings is 1. The zero-order valence-corrected chi connectivity index (χ0v) is 8.96. The van der Waals surface area contributed by atoms with Gasteiger partial charge in [-0.3, -0.25) is 0 Å². The second-order valence-electron chi connectivity index (χ2n) is 4.79. The molecule has 0 amide bonds. The Bertz CT molecular complexity index is 293. The lowest BCUT2D eigenvalue weighted by molar-refractivity contribution is 0.170. The molecule has 1 aliphatic rings. The lowest BCUT2D eigenvalue weighted by atomic mass is 9.71. The van der Waals surface area contributed by atoms with E-state index < -0.39 is 0 Å². The molecular formula is C11H19N3. The van der Waals surface area contributed by atoms with Crippen LogP contribution in [0.15, 0.2) is 12.4 Å². The third kappa shape index (κ3) is 1.57. The Kier molecular flexibility index (Phi) is 2.35. The Hall–Kier alpha value is -0.830. The maximum Gasteiger partial charge on any atom is 0.126 e. The van der Waals surface area contributed by atoms with Gasteiger partial charge in [-0.15, -0.1) is 0 Å². The molecule has 0 bridgehead atoms. The lowest BCUT2D eigenvalue weighted by Gasteiger charge is -2.38. The highest BCUT2D eigenvalue weighted by atomic mass is 15.0. The van der Waals surface area contributed by atoms with Gasteiger partial charge in [-0.05, 0) is 31.1 Å². The fourth-order valence-corrected chi connectivity index (χ4v) is 2.40. The van der Waals surface area contributed by atoms with E-state index in [0.717, 1.165) is 24.6 Å². The number of rotatable bonds is 1. The van der Waals surface area contributed by atoms with Crippen LogP contribution >= 0.6 is 0 Å². The maximum atomic E-state index is 6.38. The van der Waals surface area contributed by atoms with Crippen LogP contribution in [0.2, 0.25) is 0 Å². The van der Waals surface area contributed by atoms with Crippen molar-refractivity contribution in [3.8, 4) is 0 Å². The summed E-state index contributed by atoms with van der Waals surface area (Å²) in [4.78, 5) is 7.44. The largest absolute Gasteiger partial charge is 0.347 e. The number of hydrogen-bond donors (Lipinski definition) is 2.